The summed E-state index contributed by atoms with van der Waals surface area (Å²) in [7, 11) is 0. The van der Waals surface area contributed by atoms with Crippen molar-refractivity contribution in [2.45, 2.75) is 26.4 Å². The van der Waals surface area contributed by atoms with Crippen molar-refractivity contribution in [2.24, 2.45) is 5.92 Å². The molecule has 3 nitrogen and oxygen atoms in total. The standard InChI is InChI=1S/C17H20FNO2/c1-11(2)16(12-6-8-14(18)9-7-12)19-10-13-4-3-5-15(20)17(13)21/h3-9,11,16,19-21H,10H2,1-2H3. The Balaban J connectivity index is 2.14. The lowest BCUT2D eigenvalue weighted by Gasteiger charge is -2.23. The monoisotopic (exact) mass is 289 g/mol. The molecule has 4 heteroatoms. The molecule has 0 saturated carbocycles. The van der Waals surface area contributed by atoms with Crippen LogP contribution in [-0.2, 0) is 6.54 Å². The molecule has 0 fully saturated rings. The lowest BCUT2D eigenvalue weighted by molar-refractivity contribution is 0.384. The molecule has 0 heterocycles. The van der Waals surface area contributed by atoms with Crippen LogP contribution in [0.4, 0.5) is 4.39 Å². The predicted octanol–water partition coefficient (Wildman–Crippen LogP) is 3.72. The largest absolute Gasteiger partial charge is 0.504 e. The Bertz CT molecular complexity index is 596. The van der Waals surface area contributed by atoms with Gasteiger partial charge in [0.05, 0.1) is 0 Å². The van der Waals surface area contributed by atoms with Crippen LogP contribution >= 0.6 is 0 Å². The van der Waals surface area contributed by atoms with Gasteiger partial charge in [-0.2, -0.15) is 0 Å². The van der Waals surface area contributed by atoms with Gasteiger partial charge in [0, 0.05) is 18.2 Å². The zero-order valence-electron chi connectivity index (χ0n) is 12.2. The normalized spacial score (nSPS) is 12.6. The highest BCUT2D eigenvalue weighted by Crippen LogP contribution is 2.29. The molecule has 2 rings (SSSR count). The van der Waals surface area contributed by atoms with Crippen molar-refractivity contribution in [1.29, 1.82) is 0 Å². The molecule has 0 aromatic heterocycles. The molecule has 3 N–H and O–H groups in total. The van der Waals surface area contributed by atoms with E-state index in [2.05, 4.69) is 19.2 Å². The van der Waals surface area contributed by atoms with Crippen LogP contribution in [0.3, 0.4) is 0 Å². The summed E-state index contributed by atoms with van der Waals surface area (Å²) in [5.41, 5.74) is 1.62. The number of halogens is 1. The maximum absolute atomic E-state index is 13.0. The molecule has 0 amide bonds. The number of rotatable bonds is 5. The predicted molar refractivity (Wildman–Crippen MR) is 80.6 cm³/mol. The molecule has 0 radical (unpaired) electrons. The Kier molecular flexibility index (Phi) is 4.81. The summed E-state index contributed by atoms with van der Waals surface area (Å²) in [4.78, 5) is 0. The van der Waals surface area contributed by atoms with Gasteiger partial charge in [0.25, 0.3) is 0 Å². The SMILES string of the molecule is CC(C)C(NCc1cccc(O)c1O)c1ccc(F)cc1. The first-order valence-electron chi connectivity index (χ1n) is 6.97. The van der Waals surface area contributed by atoms with Gasteiger partial charge in [0.15, 0.2) is 11.5 Å². The highest BCUT2D eigenvalue weighted by molar-refractivity contribution is 5.44. The van der Waals surface area contributed by atoms with Crippen LogP contribution in [0.5, 0.6) is 11.5 Å². The van der Waals surface area contributed by atoms with Crippen molar-refractivity contribution >= 4 is 0 Å². The quantitative estimate of drug-likeness (QED) is 0.735. The van der Waals surface area contributed by atoms with E-state index < -0.39 is 0 Å². The van der Waals surface area contributed by atoms with E-state index in [1.54, 1.807) is 24.3 Å². The molecule has 0 aliphatic heterocycles. The molecule has 21 heavy (non-hydrogen) atoms. The number of phenols is 2. The fraction of sp³-hybridized carbons (Fsp3) is 0.294. The molecular weight excluding hydrogens is 269 g/mol. The van der Waals surface area contributed by atoms with Gasteiger partial charge >= 0.3 is 0 Å². The average Bonchev–Trinajstić information content (AvgIpc) is 2.45. The molecule has 0 aliphatic carbocycles. The zero-order valence-corrected chi connectivity index (χ0v) is 12.2. The van der Waals surface area contributed by atoms with Gasteiger partial charge in [-0.1, -0.05) is 38.1 Å². The van der Waals surface area contributed by atoms with E-state index in [-0.39, 0.29) is 23.4 Å². The summed E-state index contributed by atoms with van der Waals surface area (Å²) >= 11 is 0. The third-order valence-electron chi connectivity index (χ3n) is 3.51. The minimum atomic E-state index is -0.258. The van der Waals surface area contributed by atoms with Gasteiger partial charge in [-0.05, 0) is 29.7 Å². The molecule has 112 valence electrons. The van der Waals surface area contributed by atoms with Crippen LogP contribution in [0.25, 0.3) is 0 Å². The van der Waals surface area contributed by atoms with Crippen LogP contribution in [-0.4, -0.2) is 10.2 Å². The molecular formula is C17H20FNO2. The third-order valence-corrected chi connectivity index (χ3v) is 3.51. The molecule has 0 aliphatic rings. The summed E-state index contributed by atoms with van der Waals surface area (Å²) in [6.45, 7) is 4.56. The topological polar surface area (TPSA) is 52.5 Å². The lowest BCUT2D eigenvalue weighted by Crippen LogP contribution is -2.25. The number of aromatic hydroxyl groups is 2. The van der Waals surface area contributed by atoms with Crippen LogP contribution in [0.2, 0.25) is 0 Å². The second-order valence-electron chi connectivity index (χ2n) is 5.44. The van der Waals surface area contributed by atoms with Crippen LogP contribution < -0.4 is 5.32 Å². The van der Waals surface area contributed by atoms with Crippen LogP contribution in [0.1, 0.15) is 31.0 Å². The fourth-order valence-corrected chi connectivity index (χ4v) is 2.35. The highest BCUT2D eigenvalue weighted by atomic mass is 19.1. The van der Waals surface area contributed by atoms with E-state index in [0.29, 0.717) is 18.0 Å². The van der Waals surface area contributed by atoms with Crippen molar-refractivity contribution < 1.29 is 14.6 Å². The number of nitrogens with one attached hydrogen (secondary N) is 1. The fourth-order valence-electron chi connectivity index (χ4n) is 2.35. The smallest absolute Gasteiger partial charge is 0.161 e. The number of hydrogen-bond donors (Lipinski definition) is 3. The van der Waals surface area contributed by atoms with E-state index in [0.717, 1.165) is 5.56 Å². The molecule has 0 saturated heterocycles. The van der Waals surface area contributed by atoms with Crippen molar-refractivity contribution in [3.05, 3.63) is 59.4 Å². The summed E-state index contributed by atoms with van der Waals surface area (Å²) < 4.78 is 13.0. The number of hydrogen-bond acceptors (Lipinski definition) is 3. The maximum Gasteiger partial charge on any atom is 0.161 e. The number of benzene rings is 2. The third kappa shape index (κ3) is 3.73. The first-order valence-corrected chi connectivity index (χ1v) is 6.97. The van der Waals surface area contributed by atoms with Gasteiger partial charge in [0.1, 0.15) is 5.82 Å². The van der Waals surface area contributed by atoms with Crippen molar-refractivity contribution in [2.75, 3.05) is 0 Å². The van der Waals surface area contributed by atoms with Gasteiger partial charge in [-0.25, -0.2) is 4.39 Å². The summed E-state index contributed by atoms with van der Waals surface area (Å²) in [6, 6.07) is 11.3. The number of phenolic OH excluding ortho intramolecular Hbond substituents is 2. The summed E-state index contributed by atoms with van der Waals surface area (Å²) in [6.07, 6.45) is 0. The Morgan fingerprint density at radius 3 is 2.33 bits per heavy atom. The first-order chi connectivity index (χ1) is 9.99. The van der Waals surface area contributed by atoms with E-state index in [4.69, 9.17) is 0 Å². The molecule has 1 unspecified atom stereocenters. The Labute approximate surface area is 124 Å². The van der Waals surface area contributed by atoms with E-state index in [1.165, 1.54) is 18.2 Å². The minimum absolute atomic E-state index is 0.0346. The molecule has 2 aromatic carbocycles. The van der Waals surface area contributed by atoms with Gasteiger partial charge in [0.2, 0.25) is 0 Å². The Hall–Kier alpha value is -2.07. The lowest BCUT2D eigenvalue weighted by atomic mass is 9.95. The van der Waals surface area contributed by atoms with Crippen LogP contribution in [0, 0.1) is 11.7 Å². The molecule has 1 atom stereocenters. The van der Waals surface area contributed by atoms with Gasteiger partial charge in [-0.15, -0.1) is 0 Å². The second kappa shape index (κ2) is 6.59. The molecule has 0 bridgehead atoms. The Morgan fingerprint density at radius 2 is 1.71 bits per heavy atom. The van der Waals surface area contributed by atoms with E-state index >= 15 is 0 Å². The highest BCUT2D eigenvalue weighted by Gasteiger charge is 2.16. The van der Waals surface area contributed by atoms with Crippen molar-refractivity contribution in [3.63, 3.8) is 0 Å². The second-order valence-corrected chi connectivity index (χ2v) is 5.44. The van der Waals surface area contributed by atoms with Gasteiger partial charge < -0.3 is 15.5 Å². The zero-order chi connectivity index (χ0) is 15.4. The van der Waals surface area contributed by atoms with Crippen molar-refractivity contribution in [3.8, 4) is 11.5 Å². The van der Waals surface area contributed by atoms with Crippen molar-refractivity contribution in [1.82, 2.24) is 5.32 Å². The van der Waals surface area contributed by atoms with E-state index in [1.807, 2.05) is 0 Å². The maximum atomic E-state index is 13.0. The summed E-state index contributed by atoms with van der Waals surface area (Å²) in [5, 5.41) is 22.7. The molecule has 2 aromatic rings. The summed E-state index contributed by atoms with van der Waals surface area (Å²) in [5.74, 6) is -0.189. The Morgan fingerprint density at radius 1 is 1.05 bits per heavy atom. The van der Waals surface area contributed by atoms with E-state index in [9.17, 15) is 14.6 Å². The van der Waals surface area contributed by atoms with Gasteiger partial charge in [-0.3, -0.25) is 0 Å². The van der Waals surface area contributed by atoms with Crippen LogP contribution in [0.15, 0.2) is 42.5 Å². The number of para-hydroxylation sites is 1. The minimum Gasteiger partial charge on any atom is -0.504 e. The first kappa shape index (κ1) is 15.3. The molecule has 0 spiro atoms. The average molecular weight is 289 g/mol.